The molecule has 1 saturated heterocycles. The summed E-state index contributed by atoms with van der Waals surface area (Å²) >= 11 is 4.72. The van der Waals surface area contributed by atoms with Gasteiger partial charge in [0.2, 0.25) is 0 Å². The Balaban J connectivity index is 1.32. The lowest BCUT2D eigenvalue weighted by molar-refractivity contribution is -0.115. The number of ether oxygens (including phenoxy) is 2. The van der Waals surface area contributed by atoms with Crippen molar-refractivity contribution in [2.45, 2.75) is 6.61 Å². The molecule has 0 unspecified atom stereocenters. The number of amides is 1. The van der Waals surface area contributed by atoms with E-state index < -0.39 is 0 Å². The summed E-state index contributed by atoms with van der Waals surface area (Å²) in [5, 5.41) is 5.71. The minimum absolute atomic E-state index is 0.180. The summed E-state index contributed by atoms with van der Waals surface area (Å²) in [6.07, 6.45) is 1.82. The predicted molar refractivity (Wildman–Crippen MR) is 146 cm³/mol. The quantitative estimate of drug-likeness (QED) is 0.263. The summed E-state index contributed by atoms with van der Waals surface area (Å²) < 4.78 is 12.7. The number of benzene rings is 4. The number of hydrogen-bond acceptors (Lipinski definition) is 5. The van der Waals surface area contributed by atoms with E-state index in [4.69, 9.17) is 9.47 Å². The molecule has 4 aromatic rings. The molecular weight excluding hydrogens is 524 g/mol. The molecule has 4 aromatic carbocycles. The van der Waals surface area contributed by atoms with Gasteiger partial charge in [0.05, 0.1) is 17.7 Å². The number of rotatable bonds is 6. The number of hydrogen-bond donors (Lipinski definition) is 1. The molecule has 0 radical (unpaired) electrons. The van der Waals surface area contributed by atoms with Crippen molar-refractivity contribution in [2.75, 3.05) is 7.11 Å². The number of aliphatic imine (C=N–C) groups is 1. The molecule has 5 nitrogen and oxygen atoms in total. The van der Waals surface area contributed by atoms with Crippen molar-refractivity contribution in [1.82, 2.24) is 5.32 Å². The maximum absolute atomic E-state index is 12.5. The van der Waals surface area contributed by atoms with E-state index in [1.54, 1.807) is 7.11 Å². The lowest BCUT2D eigenvalue weighted by atomic mass is 10.1. The van der Waals surface area contributed by atoms with Crippen LogP contribution in [-0.2, 0) is 11.4 Å². The predicted octanol–water partition coefficient (Wildman–Crippen LogP) is 7.08. The first-order valence-corrected chi connectivity index (χ1v) is 12.5. The summed E-state index contributed by atoms with van der Waals surface area (Å²) in [7, 11) is 1.61. The molecule has 0 atom stereocenters. The molecule has 35 heavy (non-hydrogen) atoms. The molecule has 0 aromatic heterocycles. The highest BCUT2D eigenvalue weighted by Crippen LogP contribution is 2.33. The van der Waals surface area contributed by atoms with Gasteiger partial charge in [-0.1, -0.05) is 64.5 Å². The normalized spacial score (nSPS) is 15.5. The van der Waals surface area contributed by atoms with E-state index >= 15 is 0 Å². The molecule has 174 valence electrons. The number of halogens is 1. The van der Waals surface area contributed by atoms with Gasteiger partial charge in [-0.25, -0.2) is 4.99 Å². The van der Waals surface area contributed by atoms with Gasteiger partial charge in [-0.05, 0) is 76.1 Å². The Bertz CT molecular complexity index is 1460. The van der Waals surface area contributed by atoms with Crippen molar-refractivity contribution in [3.8, 4) is 11.5 Å². The van der Waals surface area contributed by atoms with Gasteiger partial charge in [-0.15, -0.1) is 0 Å². The number of carbonyl (C=O) groups excluding carboxylic acids is 1. The molecule has 7 heteroatoms. The molecule has 1 aliphatic rings. The molecule has 0 aliphatic carbocycles. The van der Waals surface area contributed by atoms with Crippen molar-refractivity contribution in [2.24, 2.45) is 4.99 Å². The second-order valence-electron chi connectivity index (χ2n) is 7.80. The van der Waals surface area contributed by atoms with Gasteiger partial charge in [-0.3, -0.25) is 4.79 Å². The molecule has 1 heterocycles. The number of fused-ring (bicyclic) bond motifs is 1. The van der Waals surface area contributed by atoms with E-state index in [2.05, 4.69) is 50.5 Å². The average Bonchev–Trinajstić information content (AvgIpc) is 3.22. The van der Waals surface area contributed by atoms with E-state index in [0.717, 1.165) is 21.3 Å². The molecule has 5 rings (SSSR count). The molecule has 0 spiro atoms. The number of amidine groups is 1. The van der Waals surface area contributed by atoms with Crippen LogP contribution in [0.15, 0.2) is 99.3 Å². The Kier molecular flexibility index (Phi) is 6.88. The fourth-order valence-corrected chi connectivity index (χ4v) is 4.84. The molecule has 1 N–H and O–H groups in total. The third-order valence-corrected chi connectivity index (χ3v) is 6.90. The van der Waals surface area contributed by atoms with E-state index in [1.165, 1.54) is 22.5 Å². The van der Waals surface area contributed by atoms with Crippen molar-refractivity contribution in [3.05, 3.63) is 105 Å². The van der Waals surface area contributed by atoms with Crippen LogP contribution in [0.5, 0.6) is 11.5 Å². The summed E-state index contributed by atoms with van der Waals surface area (Å²) in [4.78, 5) is 17.5. The smallest absolute Gasteiger partial charge is 0.264 e. The third-order valence-electron chi connectivity index (χ3n) is 5.46. The maximum Gasteiger partial charge on any atom is 0.264 e. The van der Waals surface area contributed by atoms with Crippen molar-refractivity contribution in [3.63, 3.8) is 0 Å². The van der Waals surface area contributed by atoms with Crippen LogP contribution in [0.2, 0.25) is 0 Å². The van der Waals surface area contributed by atoms with Gasteiger partial charge < -0.3 is 14.8 Å². The van der Waals surface area contributed by atoms with Crippen LogP contribution in [0, 0.1) is 0 Å². The van der Waals surface area contributed by atoms with Crippen LogP contribution in [-0.4, -0.2) is 18.2 Å². The highest BCUT2D eigenvalue weighted by atomic mass is 79.9. The summed E-state index contributed by atoms with van der Waals surface area (Å²) in [6.45, 7) is 0.423. The number of methoxy groups -OCH3 is 1. The maximum atomic E-state index is 12.5. The Morgan fingerprint density at radius 1 is 0.971 bits per heavy atom. The van der Waals surface area contributed by atoms with Gasteiger partial charge in [0.25, 0.3) is 5.91 Å². The van der Waals surface area contributed by atoms with Crippen LogP contribution in [0.25, 0.3) is 16.8 Å². The van der Waals surface area contributed by atoms with Crippen molar-refractivity contribution < 1.29 is 14.3 Å². The van der Waals surface area contributed by atoms with Gasteiger partial charge >= 0.3 is 0 Å². The Hall–Kier alpha value is -3.55. The lowest BCUT2D eigenvalue weighted by Gasteiger charge is -2.13. The van der Waals surface area contributed by atoms with Crippen LogP contribution in [0.4, 0.5) is 5.69 Å². The fourth-order valence-electron chi connectivity index (χ4n) is 3.73. The minimum atomic E-state index is -0.180. The second kappa shape index (κ2) is 10.4. The standard InChI is InChI=1S/C28H21BrN2O3S/c1-33-25-15-18(16-26-27(32)31-28(35-26)30-22-12-10-21(29)11-13-22)9-14-24(25)34-17-20-7-4-6-19-5-2-3-8-23(19)20/h2-16H,17H2,1H3,(H,30,31,32)/b26-16-. The molecule has 0 saturated carbocycles. The van der Waals surface area contributed by atoms with E-state index in [1.807, 2.05) is 66.7 Å². The minimum Gasteiger partial charge on any atom is -0.493 e. The van der Waals surface area contributed by atoms with Gasteiger partial charge in [0, 0.05) is 4.47 Å². The topological polar surface area (TPSA) is 59.9 Å². The molecular formula is C28H21BrN2O3S. The van der Waals surface area contributed by atoms with Gasteiger partial charge in [-0.2, -0.15) is 0 Å². The van der Waals surface area contributed by atoms with Gasteiger partial charge in [0.1, 0.15) is 6.61 Å². The third kappa shape index (κ3) is 5.42. The average molecular weight is 545 g/mol. The zero-order valence-electron chi connectivity index (χ0n) is 18.8. The number of nitrogens with zero attached hydrogens (tertiary/aromatic N) is 1. The van der Waals surface area contributed by atoms with Gasteiger partial charge in [0.15, 0.2) is 16.7 Å². The Labute approximate surface area is 216 Å². The zero-order chi connectivity index (χ0) is 24.2. The second-order valence-corrected chi connectivity index (χ2v) is 9.74. The highest BCUT2D eigenvalue weighted by molar-refractivity contribution is 9.10. The Morgan fingerprint density at radius 3 is 2.60 bits per heavy atom. The zero-order valence-corrected chi connectivity index (χ0v) is 21.2. The lowest BCUT2D eigenvalue weighted by Crippen LogP contribution is -2.19. The molecule has 1 fully saturated rings. The molecule has 0 bridgehead atoms. The number of thioether (sulfide) groups is 1. The van der Waals surface area contributed by atoms with E-state index in [-0.39, 0.29) is 5.91 Å². The van der Waals surface area contributed by atoms with Crippen LogP contribution in [0.3, 0.4) is 0 Å². The summed E-state index contributed by atoms with van der Waals surface area (Å²) in [6, 6.07) is 27.7. The fraction of sp³-hybridized carbons (Fsp3) is 0.0714. The van der Waals surface area contributed by atoms with Crippen LogP contribution in [0.1, 0.15) is 11.1 Å². The first kappa shape index (κ1) is 23.2. The number of carbonyl (C=O) groups is 1. The van der Waals surface area contributed by atoms with Crippen LogP contribution >= 0.6 is 27.7 Å². The largest absolute Gasteiger partial charge is 0.493 e. The highest BCUT2D eigenvalue weighted by Gasteiger charge is 2.24. The summed E-state index contributed by atoms with van der Waals surface area (Å²) in [5.41, 5.74) is 2.71. The first-order chi connectivity index (χ1) is 17.1. The van der Waals surface area contributed by atoms with E-state index in [0.29, 0.717) is 28.2 Å². The number of nitrogens with one attached hydrogen (secondary N) is 1. The summed E-state index contributed by atoms with van der Waals surface area (Å²) in [5.74, 6) is 1.07. The molecule has 1 aliphatic heterocycles. The van der Waals surface area contributed by atoms with E-state index in [9.17, 15) is 4.79 Å². The molecule has 1 amide bonds. The van der Waals surface area contributed by atoms with Crippen molar-refractivity contribution >= 4 is 61.3 Å². The van der Waals surface area contributed by atoms with Crippen molar-refractivity contribution in [1.29, 1.82) is 0 Å². The monoisotopic (exact) mass is 544 g/mol. The van der Waals surface area contributed by atoms with Crippen LogP contribution < -0.4 is 14.8 Å². The Morgan fingerprint density at radius 2 is 1.77 bits per heavy atom. The first-order valence-electron chi connectivity index (χ1n) is 10.9. The SMILES string of the molecule is COc1cc(/C=C2\SC(=Nc3ccc(Br)cc3)NC2=O)ccc1OCc1cccc2ccccc12.